The van der Waals surface area contributed by atoms with Gasteiger partial charge in [0.2, 0.25) is 6.23 Å². The van der Waals surface area contributed by atoms with E-state index in [9.17, 15) is 23.5 Å². The van der Waals surface area contributed by atoms with Gasteiger partial charge < -0.3 is 9.84 Å². The number of nitrogens with zero attached hydrogens (tertiary/aromatic N) is 1. The second-order valence-electron chi connectivity index (χ2n) is 5.69. The Bertz CT molecular complexity index is 819. The topological polar surface area (TPSA) is 84.3 Å². The maximum absolute atomic E-state index is 14.3. The molecule has 0 radical (unpaired) electrons. The number of hydrogen-bond acceptors (Lipinski definition) is 4. The highest BCUT2D eigenvalue weighted by Gasteiger charge is 2.59. The summed E-state index contributed by atoms with van der Waals surface area (Å²) in [6.07, 6.45) is -3.56. The Morgan fingerprint density at radius 2 is 1.92 bits per heavy atom. The Morgan fingerprint density at radius 1 is 1.21 bits per heavy atom. The van der Waals surface area contributed by atoms with Crippen LogP contribution < -0.4 is 11.2 Å². The molecule has 24 heavy (non-hydrogen) atoms. The monoisotopic (exact) mass is 338 g/mol. The van der Waals surface area contributed by atoms with E-state index in [1.807, 2.05) is 35.3 Å². The van der Waals surface area contributed by atoms with Gasteiger partial charge in [-0.2, -0.15) is 8.78 Å². The third-order valence-electron chi connectivity index (χ3n) is 4.04. The molecule has 3 rings (SSSR count). The molecule has 0 saturated carbocycles. The van der Waals surface area contributed by atoms with Crippen molar-refractivity contribution < 1.29 is 18.6 Å². The van der Waals surface area contributed by atoms with E-state index in [1.54, 1.807) is 0 Å². The summed E-state index contributed by atoms with van der Waals surface area (Å²) in [6.45, 7) is 0. The largest absolute Gasteiger partial charge is 0.384 e. The Hall–Kier alpha value is -2.32. The fourth-order valence-electron chi connectivity index (χ4n) is 2.77. The highest BCUT2D eigenvalue weighted by atomic mass is 19.3. The van der Waals surface area contributed by atoms with Crippen molar-refractivity contribution in [3.63, 3.8) is 0 Å². The van der Waals surface area contributed by atoms with Gasteiger partial charge in [0.05, 0.1) is 6.10 Å². The Labute approximate surface area is 135 Å². The van der Waals surface area contributed by atoms with Gasteiger partial charge in [-0.3, -0.25) is 14.3 Å². The van der Waals surface area contributed by atoms with E-state index in [0.29, 0.717) is 11.0 Å². The number of benzene rings is 1. The van der Waals surface area contributed by atoms with Gasteiger partial charge in [0.25, 0.3) is 5.56 Å². The van der Waals surface area contributed by atoms with E-state index < -0.39 is 35.6 Å². The second kappa shape index (κ2) is 6.29. The predicted octanol–water partition coefficient (Wildman–Crippen LogP) is 1.06. The van der Waals surface area contributed by atoms with Gasteiger partial charge in [-0.1, -0.05) is 30.3 Å². The molecule has 0 spiro atoms. The van der Waals surface area contributed by atoms with Crippen LogP contribution in [-0.2, 0) is 11.2 Å². The summed E-state index contributed by atoms with van der Waals surface area (Å²) in [5.41, 5.74) is -0.775. The number of rotatable bonds is 4. The van der Waals surface area contributed by atoms with Gasteiger partial charge in [-0.05, 0) is 18.4 Å². The minimum absolute atomic E-state index is 0.176. The lowest BCUT2D eigenvalue weighted by molar-refractivity contribution is -0.140. The maximum Gasteiger partial charge on any atom is 0.330 e. The molecule has 1 aliphatic heterocycles. The van der Waals surface area contributed by atoms with E-state index in [0.717, 1.165) is 17.8 Å². The number of halogens is 2. The smallest absolute Gasteiger partial charge is 0.330 e. The molecular formula is C16H16F2N2O4. The molecule has 1 saturated heterocycles. The molecule has 0 amide bonds. The number of ether oxygens (including phenoxy) is 1. The number of aliphatic hydroxyl groups is 1. The molecule has 6 nitrogen and oxygen atoms in total. The van der Waals surface area contributed by atoms with Gasteiger partial charge in [0, 0.05) is 12.3 Å². The molecule has 1 aliphatic rings. The Balaban J connectivity index is 1.80. The van der Waals surface area contributed by atoms with Crippen molar-refractivity contribution in [1.82, 2.24) is 9.55 Å². The Kier molecular flexibility index (Phi) is 4.33. The van der Waals surface area contributed by atoms with Crippen molar-refractivity contribution in [3.05, 3.63) is 69.0 Å². The molecule has 0 unspecified atom stereocenters. The highest BCUT2D eigenvalue weighted by molar-refractivity contribution is 5.15. The number of aromatic amines is 1. The van der Waals surface area contributed by atoms with E-state index in [-0.39, 0.29) is 6.42 Å². The van der Waals surface area contributed by atoms with Crippen LogP contribution in [0.15, 0.2) is 52.2 Å². The molecule has 2 heterocycles. The van der Waals surface area contributed by atoms with E-state index in [2.05, 4.69) is 0 Å². The number of alkyl halides is 2. The number of aryl methyl sites for hydroxylation is 1. The predicted molar refractivity (Wildman–Crippen MR) is 80.9 cm³/mol. The first-order chi connectivity index (χ1) is 11.4. The average molecular weight is 338 g/mol. The molecule has 128 valence electrons. The SMILES string of the molecule is O=c1ccn([C@@H]2O[C@H](CCc3ccccc3)[C@@H](O)C2(F)F)c(=O)[nH]1. The molecule has 0 bridgehead atoms. The number of nitrogens with one attached hydrogen (secondary N) is 1. The van der Waals surface area contributed by atoms with Crippen molar-refractivity contribution in [2.75, 3.05) is 0 Å². The zero-order valence-electron chi connectivity index (χ0n) is 12.6. The van der Waals surface area contributed by atoms with Gasteiger partial charge >= 0.3 is 11.6 Å². The van der Waals surface area contributed by atoms with Gasteiger partial charge in [-0.15, -0.1) is 0 Å². The fraction of sp³-hybridized carbons (Fsp3) is 0.375. The van der Waals surface area contributed by atoms with Crippen molar-refractivity contribution in [2.24, 2.45) is 0 Å². The first-order valence-electron chi connectivity index (χ1n) is 7.46. The van der Waals surface area contributed by atoms with Crippen molar-refractivity contribution in [1.29, 1.82) is 0 Å². The fourth-order valence-corrected chi connectivity index (χ4v) is 2.77. The van der Waals surface area contributed by atoms with Crippen molar-refractivity contribution in [2.45, 2.75) is 37.2 Å². The van der Waals surface area contributed by atoms with Crippen LogP contribution in [0.1, 0.15) is 18.2 Å². The normalized spacial score (nSPS) is 25.7. The van der Waals surface area contributed by atoms with Crippen LogP contribution in [0.5, 0.6) is 0 Å². The molecule has 1 aromatic heterocycles. The summed E-state index contributed by atoms with van der Waals surface area (Å²) in [5.74, 6) is -3.65. The van der Waals surface area contributed by atoms with Crippen LogP contribution >= 0.6 is 0 Å². The van der Waals surface area contributed by atoms with Crippen LogP contribution in [0.2, 0.25) is 0 Å². The van der Waals surface area contributed by atoms with E-state index >= 15 is 0 Å². The van der Waals surface area contributed by atoms with Crippen LogP contribution in [-0.4, -0.2) is 32.8 Å². The number of aromatic nitrogens is 2. The first-order valence-corrected chi connectivity index (χ1v) is 7.46. The van der Waals surface area contributed by atoms with Gasteiger partial charge in [0.1, 0.15) is 6.10 Å². The first kappa shape index (κ1) is 16.5. The summed E-state index contributed by atoms with van der Waals surface area (Å²) >= 11 is 0. The van der Waals surface area contributed by atoms with Crippen LogP contribution in [0.3, 0.4) is 0 Å². The van der Waals surface area contributed by atoms with Crippen LogP contribution in [0.25, 0.3) is 0 Å². The zero-order valence-corrected chi connectivity index (χ0v) is 12.6. The third-order valence-corrected chi connectivity index (χ3v) is 4.04. The Morgan fingerprint density at radius 3 is 2.58 bits per heavy atom. The maximum atomic E-state index is 14.3. The van der Waals surface area contributed by atoms with Gasteiger partial charge in [0.15, 0.2) is 0 Å². The minimum Gasteiger partial charge on any atom is -0.384 e. The van der Waals surface area contributed by atoms with E-state index in [4.69, 9.17) is 4.74 Å². The molecule has 1 fully saturated rings. The number of aliphatic hydroxyl groups excluding tert-OH is 1. The number of hydrogen-bond donors (Lipinski definition) is 2. The zero-order chi connectivity index (χ0) is 17.3. The van der Waals surface area contributed by atoms with Gasteiger partial charge in [-0.25, -0.2) is 4.79 Å². The molecule has 8 heteroatoms. The molecule has 3 atom stereocenters. The summed E-state index contributed by atoms with van der Waals surface area (Å²) < 4.78 is 34.5. The lowest BCUT2D eigenvalue weighted by Crippen LogP contribution is -2.42. The van der Waals surface area contributed by atoms with Crippen molar-refractivity contribution in [3.8, 4) is 0 Å². The van der Waals surface area contributed by atoms with Crippen LogP contribution in [0, 0.1) is 0 Å². The number of H-pyrrole nitrogens is 1. The minimum atomic E-state index is -3.65. The summed E-state index contributed by atoms with van der Waals surface area (Å²) in [6, 6.07) is 10.2. The molecule has 2 N–H and O–H groups in total. The summed E-state index contributed by atoms with van der Waals surface area (Å²) in [5, 5.41) is 9.91. The molecule has 1 aromatic carbocycles. The molecule has 2 aromatic rings. The lowest BCUT2D eigenvalue weighted by Gasteiger charge is -2.20. The highest BCUT2D eigenvalue weighted by Crippen LogP contribution is 2.43. The molecule has 0 aliphatic carbocycles. The summed E-state index contributed by atoms with van der Waals surface area (Å²) in [7, 11) is 0. The average Bonchev–Trinajstić information content (AvgIpc) is 2.77. The van der Waals surface area contributed by atoms with E-state index in [1.165, 1.54) is 0 Å². The van der Waals surface area contributed by atoms with Crippen molar-refractivity contribution >= 4 is 0 Å². The third kappa shape index (κ3) is 3.02. The lowest BCUT2D eigenvalue weighted by atomic mass is 10.0. The summed E-state index contributed by atoms with van der Waals surface area (Å²) in [4.78, 5) is 24.7. The van der Waals surface area contributed by atoms with Crippen LogP contribution in [0.4, 0.5) is 8.78 Å². The quantitative estimate of drug-likeness (QED) is 0.873. The molecular weight excluding hydrogens is 322 g/mol. The second-order valence-corrected chi connectivity index (χ2v) is 5.69. The standard InChI is InChI=1S/C16H16F2N2O4/c17-16(18)13(22)11(7-6-10-4-2-1-3-5-10)24-14(16)20-9-8-12(21)19-15(20)23/h1-5,8-9,11,13-14,22H,6-7H2,(H,19,21,23)/t11-,13-,14-/m1/s1.